The van der Waals surface area contributed by atoms with Gasteiger partial charge in [0, 0.05) is 17.2 Å². The van der Waals surface area contributed by atoms with Gasteiger partial charge in [0.25, 0.3) is 0 Å². The summed E-state index contributed by atoms with van der Waals surface area (Å²) in [6, 6.07) is 6.86. The van der Waals surface area contributed by atoms with Crippen LogP contribution in [0.3, 0.4) is 0 Å². The van der Waals surface area contributed by atoms with E-state index in [1.807, 2.05) is 13.8 Å². The third-order valence-corrected chi connectivity index (χ3v) is 5.30. The van der Waals surface area contributed by atoms with Crippen molar-refractivity contribution < 1.29 is 18.7 Å². The number of aliphatic hydroxyl groups excluding tert-OH is 1. The molecule has 1 aliphatic carbocycles. The molecular formula is C21H21FO4. The Morgan fingerprint density at radius 1 is 1.08 bits per heavy atom. The molecule has 1 aliphatic rings. The van der Waals surface area contributed by atoms with Crippen LogP contribution >= 0.6 is 0 Å². The van der Waals surface area contributed by atoms with E-state index < -0.39 is 16.7 Å². The van der Waals surface area contributed by atoms with Crippen LogP contribution in [0.25, 0.3) is 17.1 Å². The molecule has 1 N–H and O–H groups in total. The summed E-state index contributed by atoms with van der Waals surface area (Å²) in [6.07, 6.45) is 1.23. The summed E-state index contributed by atoms with van der Waals surface area (Å²) in [5.74, 6) is -0.428. The lowest BCUT2D eigenvalue weighted by molar-refractivity contribution is -0.122. The van der Waals surface area contributed by atoms with Gasteiger partial charge in [0.1, 0.15) is 28.7 Å². The maximum Gasteiger partial charge on any atom is 0.196 e. The fraction of sp³-hybridized carbons (Fsp3) is 0.333. The summed E-state index contributed by atoms with van der Waals surface area (Å²) >= 11 is 0. The first kappa shape index (κ1) is 18.1. The number of rotatable bonds is 4. The number of allylic oxidation sites excluding steroid dienone is 1. The molecule has 0 radical (unpaired) electrons. The van der Waals surface area contributed by atoms with Crippen LogP contribution < -0.4 is 5.43 Å². The SMILES string of the molecule is CCC1=C(O)c2c(oc(-c3ccc(F)cc3)cc2=O)C(CC)(CC)C1=O. The van der Waals surface area contributed by atoms with Gasteiger partial charge in [0.15, 0.2) is 11.2 Å². The van der Waals surface area contributed by atoms with E-state index in [1.165, 1.54) is 30.3 Å². The van der Waals surface area contributed by atoms with Crippen molar-refractivity contribution in [2.24, 2.45) is 0 Å². The maximum atomic E-state index is 13.2. The smallest absolute Gasteiger partial charge is 0.196 e. The van der Waals surface area contributed by atoms with Gasteiger partial charge in [0.05, 0.1) is 5.41 Å². The molecule has 0 amide bonds. The van der Waals surface area contributed by atoms with Crippen molar-refractivity contribution in [2.75, 3.05) is 0 Å². The highest BCUT2D eigenvalue weighted by molar-refractivity contribution is 6.10. The quantitative estimate of drug-likeness (QED) is 0.857. The largest absolute Gasteiger partial charge is 0.507 e. The number of fused-ring (bicyclic) bond motifs is 1. The van der Waals surface area contributed by atoms with Gasteiger partial charge in [-0.3, -0.25) is 9.59 Å². The lowest BCUT2D eigenvalue weighted by Crippen LogP contribution is -2.41. The summed E-state index contributed by atoms with van der Waals surface area (Å²) < 4.78 is 19.2. The zero-order valence-electron chi connectivity index (χ0n) is 15.1. The Bertz CT molecular complexity index is 947. The highest BCUT2D eigenvalue weighted by atomic mass is 19.1. The molecule has 136 valence electrons. The number of carbonyl (C=O) groups is 1. The van der Waals surface area contributed by atoms with Gasteiger partial charge in [-0.15, -0.1) is 0 Å². The fourth-order valence-electron chi connectivity index (χ4n) is 3.68. The molecule has 4 nitrogen and oxygen atoms in total. The van der Waals surface area contributed by atoms with Gasteiger partial charge in [-0.1, -0.05) is 20.8 Å². The van der Waals surface area contributed by atoms with Crippen molar-refractivity contribution in [1.82, 2.24) is 0 Å². The summed E-state index contributed by atoms with van der Waals surface area (Å²) in [6.45, 7) is 5.51. The highest BCUT2D eigenvalue weighted by Crippen LogP contribution is 2.44. The standard InChI is InChI=1S/C21H21FO4/c1-4-14-18(24)17-15(23)11-16(12-7-9-13(22)10-8-12)26-20(17)21(5-2,6-3)19(14)25/h7-11,24H,4-6H2,1-3H3. The number of aliphatic hydroxyl groups is 1. The molecule has 1 aromatic carbocycles. The second-order valence-corrected chi connectivity index (χ2v) is 6.48. The molecule has 0 fully saturated rings. The molecule has 0 atom stereocenters. The van der Waals surface area contributed by atoms with Crippen LogP contribution in [0.2, 0.25) is 0 Å². The second-order valence-electron chi connectivity index (χ2n) is 6.48. The number of benzene rings is 1. The Morgan fingerprint density at radius 3 is 2.23 bits per heavy atom. The minimum Gasteiger partial charge on any atom is -0.507 e. The number of Topliss-reactive ketones (excluding diaryl/α,β-unsaturated/α-hetero) is 1. The van der Waals surface area contributed by atoms with Gasteiger partial charge >= 0.3 is 0 Å². The Hall–Kier alpha value is -2.69. The van der Waals surface area contributed by atoms with Gasteiger partial charge in [0.2, 0.25) is 0 Å². The molecule has 5 heteroatoms. The number of hydrogen-bond donors (Lipinski definition) is 1. The Kier molecular flexibility index (Phi) is 4.57. The summed E-state index contributed by atoms with van der Waals surface area (Å²) in [4.78, 5) is 25.9. The van der Waals surface area contributed by atoms with Crippen LogP contribution in [0.1, 0.15) is 51.4 Å². The van der Waals surface area contributed by atoms with Crippen LogP contribution in [0.15, 0.2) is 45.1 Å². The Balaban J connectivity index is 2.35. The molecule has 1 heterocycles. The van der Waals surface area contributed by atoms with E-state index in [0.717, 1.165) is 0 Å². The number of ketones is 1. The van der Waals surface area contributed by atoms with Crippen LogP contribution in [0.5, 0.6) is 0 Å². The first-order valence-corrected chi connectivity index (χ1v) is 8.81. The predicted octanol–water partition coefficient (Wildman–Crippen LogP) is 4.77. The Labute approximate surface area is 151 Å². The van der Waals surface area contributed by atoms with Crippen molar-refractivity contribution >= 4 is 11.5 Å². The van der Waals surface area contributed by atoms with Crippen LogP contribution in [-0.2, 0) is 10.2 Å². The fourth-order valence-corrected chi connectivity index (χ4v) is 3.68. The molecule has 0 bridgehead atoms. The maximum absolute atomic E-state index is 13.2. The highest BCUT2D eigenvalue weighted by Gasteiger charge is 2.48. The molecule has 0 aliphatic heterocycles. The van der Waals surface area contributed by atoms with Gasteiger partial charge in [-0.2, -0.15) is 0 Å². The summed E-state index contributed by atoms with van der Waals surface area (Å²) in [7, 11) is 0. The first-order chi connectivity index (χ1) is 12.4. The lowest BCUT2D eigenvalue weighted by Gasteiger charge is -2.35. The Morgan fingerprint density at radius 2 is 1.69 bits per heavy atom. The van der Waals surface area contributed by atoms with E-state index in [9.17, 15) is 19.1 Å². The van der Waals surface area contributed by atoms with Crippen molar-refractivity contribution in [1.29, 1.82) is 0 Å². The zero-order valence-corrected chi connectivity index (χ0v) is 15.1. The van der Waals surface area contributed by atoms with E-state index in [-0.39, 0.29) is 34.2 Å². The van der Waals surface area contributed by atoms with Crippen molar-refractivity contribution in [2.45, 2.75) is 45.4 Å². The van der Waals surface area contributed by atoms with Crippen molar-refractivity contribution in [3.8, 4) is 11.3 Å². The first-order valence-electron chi connectivity index (χ1n) is 8.81. The third-order valence-electron chi connectivity index (χ3n) is 5.30. The average molecular weight is 356 g/mol. The summed E-state index contributed by atoms with van der Waals surface area (Å²) in [5, 5.41) is 10.5. The van der Waals surface area contributed by atoms with Gasteiger partial charge in [-0.05, 0) is 43.5 Å². The van der Waals surface area contributed by atoms with E-state index in [1.54, 1.807) is 6.92 Å². The predicted molar refractivity (Wildman–Crippen MR) is 97.5 cm³/mol. The molecule has 26 heavy (non-hydrogen) atoms. The van der Waals surface area contributed by atoms with Crippen molar-refractivity contribution in [3.05, 3.63) is 63.3 Å². The van der Waals surface area contributed by atoms with E-state index in [4.69, 9.17) is 4.42 Å². The number of halogens is 1. The normalized spacial score (nSPS) is 15.9. The average Bonchev–Trinajstić information content (AvgIpc) is 2.63. The molecule has 0 saturated heterocycles. The molecule has 2 aromatic rings. The molecule has 0 saturated carbocycles. The van der Waals surface area contributed by atoms with E-state index >= 15 is 0 Å². The van der Waals surface area contributed by atoms with Crippen LogP contribution in [0, 0.1) is 5.82 Å². The van der Waals surface area contributed by atoms with Gasteiger partial charge < -0.3 is 9.52 Å². The van der Waals surface area contributed by atoms with Crippen molar-refractivity contribution in [3.63, 3.8) is 0 Å². The topological polar surface area (TPSA) is 67.5 Å². The van der Waals surface area contributed by atoms with E-state index in [2.05, 4.69) is 0 Å². The number of carbonyl (C=O) groups excluding carboxylic acids is 1. The third kappa shape index (κ3) is 2.50. The van der Waals surface area contributed by atoms with Gasteiger partial charge in [-0.25, -0.2) is 4.39 Å². The molecular weight excluding hydrogens is 335 g/mol. The van der Waals surface area contributed by atoms with Crippen LogP contribution in [0.4, 0.5) is 4.39 Å². The zero-order chi connectivity index (χ0) is 19.1. The van der Waals surface area contributed by atoms with Crippen LogP contribution in [-0.4, -0.2) is 10.9 Å². The minimum absolute atomic E-state index is 0.0658. The molecule has 1 aromatic heterocycles. The lowest BCUT2D eigenvalue weighted by atomic mass is 9.68. The second kappa shape index (κ2) is 6.56. The molecule has 0 unspecified atom stereocenters. The number of hydrogen-bond acceptors (Lipinski definition) is 4. The molecule has 0 spiro atoms. The minimum atomic E-state index is -0.984. The van der Waals surface area contributed by atoms with E-state index in [0.29, 0.717) is 24.8 Å². The molecule has 3 rings (SSSR count). The summed E-state index contributed by atoms with van der Waals surface area (Å²) in [5.41, 5.74) is -0.529. The monoisotopic (exact) mass is 356 g/mol.